The maximum atomic E-state index is 10.3. The number of quaternary nitrogens is 2. The Hall–Kier alpha value is -4.30. The molecule has 0 atom stereocenters. The second-order valence-electron chi connectivity index (χ2n) is 14.6. The van der Waals surface area contributed by atoms with Crippen LogP contribution in [0.1, 0.15) is 149 Å². The number of rotatable bonds is 8. The fourth-order valence-corrected chi connectivity index (χ4v) is 7.78. The summed E-state index contributed by atoms with van der Waals surface area (Å²) in [6.45, 7) is 0. The van der Waals surface area contributed by atoms with Gasteiger partial charge in [0.05, 0.1) is 46.0 Å². The van der Waals surface area contributed by atoms with Gasteiger partial charge in [0.2, 0.25) is 0 Å². The number of nitro benzene ring substituents is 2. The average molecular weight is 727 g/mol. The van der Waals surface area contributed by atoms with Crippen LogP contribution in [0.3, 0.4) is 0 Å². The molecule has 0 aliphatic heterocycles. The molecule has 4 aliphatic carbocycles. The molecular weight excluding hydrogens is 668 g/mol. The number of non-ortho nitro benzene ring substituents is 2. The lowest BCUT2D eigenvalue weighted by Crippen LogP contribution is -2.95. The summed E-state index contributed by atoms with van der Waals surface area (Å²) in [7, 11) is 0. The van der Waals surface area contributed by atoms with E-state index in [2.05, 4.69) is 10.6 Å². The second kappa shape index (κ2) is 22.6. The monoisotopic (exact) mass is 726 g/mol. The zero-order valence-electron chi connectivity index (χ0n) is 30.4. The largest absolute Gasteiger partial charge is 0.545 e. The Kier molecular flexibility index (Phi) is 18.3. The van der Waals surface area contributed by atoms with E-state index in [1.165, 1.54) is 128 Å². The van der Waals surface area contributed by atoms with Crippen molar-refractivity contribution in [3.05, 3.63) is 67.8 Å². The first-order chi connectivity index (χ1) is 24.9. The summed E-state index contributed by atoms with van der Waals surface area (Å²) in [5.74, 6) is -2.90. The van der Waals surface area contributed by atoms with Crippen molar-refractivity contribution in [2.45, 2.75) is 153 Å². The summed E-state index contributed by atoms with van der Waals surface area (Å²) in [5.41, 5.74) is 9.14. The molecule has 0 amide bonds. The smallest absolute Gasteiger partial charge is 0.271 e. The molecule has 2 aromatic rings. The van der Waals surface area contributed by atoms with Crippen molar-refractivity contribution in [3.63, 3.8) is 0 Å². The Morgan fingerprint density at radius 2 is 0.750 bits per heavy atom. The van der Waals surface area contributed by atoms with Crippen LogP contribution in [0.5, 0.6) is 0 Å². The van der Waals surface area contributed by atoms with E-state index in [-0.39, 0.29) is 33.9 Å². The molecular formula is C38H58N6O8. The van der Waals surface area contributed by atoms with Crippen LogP contribution in [-0.4, -0.2) is 46.0 Å². The van der Waals surface area contributed by atoms with Gasteiger partial charge >= 0.3 is 0 Å². The first-order valence-electron chi connectivity index (χ1n) is 19.1. The van der Waals surface area contributed by atoms with Crippen molar-refractivity contribution >= 4 is 34.7 Å². The molecule has 14 nitrogen and oxygen atoms in total. The predicted octanol–water partition coefficient (Wildman–Crippen LogP) is 3.51. The van der Waals surface area contributed by atoms with Crippen LogP contribution in [0.4, 0.5) is 22.7 Å². The molecule has 4 aliphatic rings. The van der Waals surface area contributed by atoms with E-state index < -0.39 is 21.8 Å². The Morgan fingerprint density at radius 1 is 0.500 bits per heavy atom. The van der Waals surface area contributed by atoms with E-state index in [0.717, 1.165) is 60.6 Å². The molecule has 0 bridgehead atoms. The molecule has 4 fully saturated rings. The number of carboxylic acid groups (broad SMARTS) is 2. The van der Waals surface area contributed by atoms with E-state index in [4.69, 9.17) is 11.5 Å². The fraction of sp³-hybridized carbons (Fsp3) is 0.632. The van der Waals surface area contributed by atoms with Crippen molar-refractivity contribution in [1.82, 2.24) is 0 Å². The van der Waals surface area contributed by atoms with Crippen LogP contribution in [0, 0.1) is 20.2 Å². The van der Waals surface area contributed by atoms with Gasteiger partial charge in [-0.15, -0.1) is 0 Å². The zero-order chi connectivity index (χ0) is 37.9. The van der Waals surface area contributed by atoms with Crippen LogP contribution in [0.2, 0.25) is 0 Å². The van der Waals surface area contributed by atoms with Crippen LogP contribution >= 0.6 is 0 Å². The SMILES string of the molecule is C1CCC([NH2+]C2CCCCC2)CC1.C1CCC([NH2+]C2CCCCC2)CC1.Nc1cc([N+](=O)[O-])ccc1C(=O)[O-].Nc1cc([N+](=O)[O-])ccc1C(=O)[O-]. The summed E-state index contributed by atoms with van der Waals surface area (Å²) in [6.07, 6.45) is 29.9. The average Bonchev–Trinajstić information content (AvgIpc) is 3.14. The third kappa shape index (κ3) is 15.1. The molecule has 0 saturated heterocycles. The van der Waals surface area contributed by atoms with Gasteiger partial charge in [-0.25, -0.2) is 0 Å². The van der Waals surface area contributed by atoms with E-state index in [9.17, 15) is 40.0 Å². The highest BCUT2D eigenvalue weighted by Gasteiger charge is 2.24. The van der Waals surface area contributed by atoms with Gasteiger partial charge in [-0.1, -0.05) is 25.7 Å². The molecule has 0 radical (unpaired) electrons. The van der Waals surface area contributed by atoms with Gasteiger partial charge in [-0.3, -0.25) is 20.2 Å². The lowest BCUT2D eigenvalue weighted by atomic mass is 9.91. The molecule has 2 aromatic carbocycles. The van der Waals surface area contributed by atoms with Gasteiger partial charge in [-0.05, 0) is 115 Å². The number of benzene rings is 2. The van der Waals surface area contributed by atoms with Crippen LogP contribution in [-0.2, 0) is 0 Å². The standard InChI is InChI=1S/2C12H23N.2C7H6N2O4/c2*1-3-7-11(8-4-1)13-12-9-5-2-6-10-12;2*8-6-3-4(9(12)13)1-2-5(6)7(10)11/h2*11-13H,1-10H2;2*1-3H,8H2,(H,10,11). The number of hydrogen-bond acceptors (Lipinski definition) is 10. The number of carboxylic acids is 2. The molecule has 6 rings (SSSR count). The maximum Gasteiger partial charge on any atom is 0.271 e. The number of nitro groups is 2. The number of anilines is 2. The predicted molar refractivity (Wildman–Crippen MR) is 195 cm³/mol. The minimum atomic E-state index is -1.45. The van der Waals surface area contributed by atoms with Crippen LogP contribution < -0.4 is 32.3 Å². The molecule has 14 heteroatoms. The molecule has 52 heavy (non-hydrogen) atoms. The molecule has 0 unspecified atom stereocenters. The van der Waals surface area contributed by atoms with E-state index in [1.807, 2.05) is 0 Å². The molecule has 0 aromatic heterocycles. The van der Waals surface area contributed by atoms with Gasteiger partial charge in [0.1, 0.15) is 0 Å². The Bertz CT molecular complexity index is 1290. The Labute approximate surface area is 306 Å². The number of nitrogen functional groups attached to an aromatic ring is 2. The molecule has 0 spiro atoms. The minimum Gasteiger partial charge on any atom is -0.545 e. The van der Waals surface area contributed by atoms with Crippen molar-refractivity contribution in [3.8, 4) is 0 Å². The molecule has 0 heterocycles. The lowest BCUT2D eigenvalue weighted by molar-refractivity contribution is -0.726. The van der Waals surface area contributed by atoms with Crippen LogP contribution in [0.15, 0.2) is 36.4 Å². The highest BCUT2D eigenvalue weighted by molar-refractivity contribution is 5.93. The molecule has 288 valence electrons. The number of carbonyl (C=O) groups excluding carboxylic acids is 2. The molecule has 4 saturated carbocycles. The third-order valence-electron chi connectivity index (χ3n) is 10.6. The molecule has 8 N–H and O–H groups in total. The topological polar surface area (TPSA) is 252 Å². The lowest BCUT2D eigenvalue weighted by Gasteiger charge is -2.27. The summed E-state index contributed by atoms with van der Waals surface area (Å²) in [4.78, 5) is 39.8. The van der Waals surface area contributed by atoms with Crippen LogP contribution in [0.25, 0.3) is 0 Å². The third-order valence-corrected chi connectivity index (χ3v) is 10.6. The number of hydrogen-bond donors (Lipinski definition) is 4. The van der Waals surface area contributed by atoms with Crippen molar-refractivity contribution < 1.29 is 40.3 Å². The quantitative estimate of drug-likeness (QED) is 0.175. The Balaban J connectivity index is 0.000000187. The summed E-state index contributed by atoms with van der Waals surface area (Å²) in [6, 6.07) is 10.1. The maximum absolute atomic E-state index is 10.3. The first-order valence-corrected chi connectivity index (χ1v) is 19.1. The van der Waals surface area contributed by atoms with Gasteiger partial charge in [0, 0.05) is 46.8 Å². The summed E-state index contributed by atoms with van der Waals surface area (Å²) >= 11 is 0. The number of nitrogens with two attached hydrogens (primary N) is 4. The number of carbonyl (C=O) groups is 2. The highest BCUT2D eigenvalue weighted by Crippen LogP contribution is 2.21. The summed E-state index contributed by atoms with van der Waals surface area (Å²) in [5, 5.41) is 46.6. The normalized spacial score (nSPS) is 18.6. The van der Waals surface area contributed by atoms with Gasteiger partial charge in [0.15, 0.2) is 0 Å². The van der Waals surface area contributed by atoms with Gasteiger partial charge in [0.25, 0.3) is 11.4 Å². The number of aromatic carboxylic acids is 2. The zero-order valence-corrected chi connectivity index (χ0v) is 30.4. The van der Waals surface area contributed by atoms with Crippen molar-refractivity contribution in [1.29, 1.82) is 0 Å². The second-order valence-corrected chi connectivity index (χ2v) is 14.6. The fourth-order valence-electron chi connectivity index (χ4n) is 7.78. The van der Waals surface area contributed by atoms with E-state index in [1.54, 1.807) is 0 Å². The summed E-state index contributed by atoms with van der Waals surface area (Å²) < 4.78 is 0. The van der Waals surface area contributed by atoms with Gasteiger partial charge in [-0.2, -0.15) is 0 Å². The highest BCUT2D eigenvalue weighted by atomic mass is 16.6. The van der Waals surface area contributed by atoms with Crippen molar-refractivity contribution in [2.24, 2.45) is 0 Å². The van der Waals surface area contributed by atoms with Gasteiger partial charge < -0.3 is 41.9 Å². The number of nitrogens with zero attached hydrogens (tertiary/aromatic N) is 2. The Morgan fingerprint density at radius 3 is 0.942 bits per heavy atom. The van der Waals surface area contributed by atoms with Crippen molar-refractivity contribution in [2.75, 3.05) is 11.5 Å². The minimum absolute atomic E-state index is 0.172. The van der Waals surface area contributed by atoms with E-state index in [0.29, 0.717) is 0 Å². The van der Waals surface area contributed by atoms with E-state index >= 15 is 0 Å². The first kappa shape index (κ1) is 42.1.